The van der Waals surface area contributed by atoms with Crippen molar-refractivity contribution in [2.75, 3.05) is 0 Å². The molecule has 0 aromatic heterocycles. The first-order valence-corrected chi connectivity index (χ1v) is 6.75. The van der Waals surface area contributed by atoms with Crippen molar-refractivity contribution in [2.24, 2.45) is 0 Å². The van der Waals surface area contributed by atoms with Gasteiger partial charge >= 0.3 is 5.97 Å². The Balaban J connectivity index is 3.79. The minimum absolute atomic E-state index is 0.184. The van der Waals surface area contributed by atoms with Gasteiger partial charge in [0.2, 0.25) is 0 Å². The third-order valence-electron chi connectivity index (χ3n) is 2.71. The van der Waals surface area contributed by atoms with Crippen LogP contribution in [0.4, 0.5) is 0 Å². The van der Waals surface area contributed by atoms with Crippen molar-refractivity contribution in [2.45, 2.75) is 58.8 Å². The Morgan fingerprint density at radius 3 is 2.61 bits per heavy atom. The van der Waals surface area contributed by atoms with Crippen LogP contribution in [-0.4, -0.2) is 11.1 Å². The molecule has 18 heavy (non-hydrogen) atoms. The van der Waals surface area contributed by atoms with E-state index in [0.29, 0.717) is 6.42 Å². The molecule has 0 saturated carbocycles. The number of hydrogen-bond donors (Lipinski definition) is 1. The van der Waals surface area contributed by atoms with Gasteiger partial charge in [-0.2, -0.15) is 0 Å². The highest BCUT2D eigenvalue weighted by molar-refractivity contribution is 5.67. The Hall–Kier alpha value is -1.31. The molecule has 1 N–H and O–H groups in total. The Morgan fingerprint density at radius 2 is 2.00 bits per heavy atom. The molecule has 0 aliphatic rings. The zero-order valence-corrected chi connectivity index (χ0v) is 11.7. The number of carbonyl (C=O) groups is 1. The van der Waals surface area contributed by atoms with Crippen molar-refractivity contribution in [3.63, 3.8) is 0 Å². The second-order valence-corrected chi connectivity index (χ2v) is 4.72. The van der Waals surface area contributed by atoms with Crippen LogP contribution in [0.25, 0.3) is 0 Å². The smallest absolute Gasteiger partial charge is 0.303 e. The average molecular weight is 250 g/mol. The maximum atomic E-state index is 10.4. The minimum Gasteiger partial charge on any atom is -0.481 e. The van der Waals surface area contributed by atoms with Gasteiger partial charge in [0, 0.05) is 6.42 Å². The van der Waals surface area contributed by atoms with E-state index in [9.17, 15) is 4.79 Å². The van der Waals surface area contributed by atoms with Gasteiger partial charge in [0.15, 0.2) is 0 Å². The fourth-order valence-corrected chi connectivity index (χ4v) is 1.64. The van der Waals surface area contributed by atoms with Crippen LogP contribution in [0, 0.1) is 0 Å². The van der Waals surface area contributed by atoms with E-state index in [2.05, 4.69) is 38.7 Å². The van der Waals surface area contributed by atoms with E-state index in [1.165, 1.54) is 18.4 Å². The summed E-state index contributed by atoms with van der Waals surface area (Å²) in [6.07, 6.45) is 12.8. The number of allylic oxidation sites excluding steroid dienone is 5. The quantitative estimate of drug-likeness (QED) is 0.443. The molecule has 0 heterocycles. The normalized spacial score (nSPS) is 12.0. The predicted octanol–water partition coefficient (Wildman–Crippen LogP) is 4.88. The van der Waals surface area contributed by atoms with Crippen molar-refractivity contribution in [1.29, 1.82) is 0 Å². The van der Waals surface area contributed by atoms with Crippen LogP contribution in [0.2, 0.25) is 0 Å². The summed E-state index contributed by atoms with van der Waals surface area (Å²) in [5.74, 6) is -0.753. The summed E-state index contributed by atoms with van der Waals surface area (Å²) in [7, 11) is 0. The van der Waals surface area contributed by atoms with E-state index in [4.69, 9.17) is 5.11 Å². The molecule has 102 valence electrons. The second kappa shape index (κ2) is 10.8. The lowest BCUT2D eigenvalue weighted by atomic mass is 10.0. The second-order valence-electron chi connectivity index (χ2n) is 4.72. The molecule has 0 rings (SSSR count). The van der Waals surface area contributed by atoms with Crippen LogP contribution >= 0.6 is 0 Å². The molecular weight excluding hydrogens is 224 g/mol. The van der Waals surface area contributed by atoms with Gasteiger partial charge in [0.1, 0.15) is 0 Å². The van der Waals surface area contributed by atoms with Crippen molar-refractivity contribution in [1.82, 2.24) is 0 Å². The summed E-state index contributed by atoms with van der Waals surface area (Å²) in [5.41, 5.74) is 2.27. The molecular formula is C16H26O2. The first-order valence-electron chi connectivity index (χ1n) is 6.75. The lowest BCUT2D eigenvalue weighted by molar-refractivity contribution is -0.136. The molecule has 0 aliphatic carbocycles. The topological polar surface area (TPSA) is 37.3 Å². The molecule has 0 amide bonds. The molecule has 0 saturated heterocycles. The SMILES string of the molecule is C=C(CCC(=O)O)C/C(C)=C/C/C=C\CCCC. The first kappa shape index (κ1) is 16.7. The summed E-state index contributed by atoms with van der Waals surface area (Å²) in [4.78, 5) is 10.4. The summed E-state index contributed by atoms with van der Waals surface area (Å²) in [6.45, 7) is 8.18. The Kier molecular flexibility index (Phi) is 10.0. The van der Waals surface area contributed by atoms with Crippen molar-refractivity contribution in [3.8, 4) is 0 Å². The number of rotatable bonds is 10. The van der Waals surface area contributed by atoms with Gasteiger partial charge in [-0.1, -0.05) is 55.7 Å². The number of hydrogen-bond acceptors (Lipinski definition) is 1. The molecule has 0 aromatic carbocycles. The molecule has 0 unspecified atom stereocenters. The molecule has 0 radical (unpaired) electrons. The summed E-state index contributed by atoms with van der Waals surface area (Å²) >= 11 is 0. The van der Waals surface area contributed by atoms with Gasteiger partial charge < -0.3 is 5.11 Å². The highest BCUT2D eigenvalue weighted by Gasteiger charge is 2.00. The monoisotopic (exact) mass is 250 g/mol. The first-order chi connectivity index (χ1) is 8.56. The van der Waals surface area contributed by atoms with Gasteiger partial charge in [0.25, 0.3) is 0 Å². The van der Waals surface area contributed by atoms with Crippen molar-refractivity contribution < 1.29 is 9.90 Å². The third kappa shape index (κ3) is 11.2. The van der Waals surface area contributed by atoms with Gasteiger partial charge in [-0.15, -0.1) is 0 Å². The number of carboxylic acids is 1. The van der Waals surface area contributed by atoms with E-state index < -0.39 is 5.97 Å². The van der Waals surface area contributed by atoms with Gasteiger partial charge in [-0.05, 0) is 32.6 Å². The lowest BCUT2D eigenvalue weighted by Gasteiger charge is -2.04. The number of carboxylic acid groups (broad SMARTS) is 1. The molecule has 0 fully saturated rings. The van der Waals surface area contributed by atoms with E-state index in [0.717, 1.165) is 24.8 Å². The van der Waals surface area contributed by atoms with Crippen LogP contribution in [0.1, 0.15) is 58.8 Å². The van der Waals surface area contributed by atoms with Crippen molar-refractivity contribution >= 4 is 5.97 Å². The molecule has 0 atom stereocenters. The Morgan fingerprint density at radius 1 is 1.28 bits per heavy atom. The van der Waals surface area contributed by atoms with E-state index in [1.807, 2.05) is 0 Å². The number of unbranched alkanes of at least 4 members (excludes halogenated alkanes) is 2. The average Bonchev–Trinajstić information content (AvgIpc) is 2.31. The molecule has 0 aliphatic heterocycles. The predicted molar refractivity (Wildman–Crippen MR) is 77.7 cm³/mol. The van der Waals surface area contributed by atoms with E-state index in [-0.39, 0.29) is 6.42 Å². The molecule has 2 nitrogen and oxygen atoms in total. The van der Waals surface area contributed by atoms with E-state index in [1.54, 1.807) is 0 Å². The summed E-state index contributed by atoms with van der Waals surface area (Å²) in [6, 6.07) is 0. The molecule has 0 spiro atoms. The van der Waals surface area contributed by atoms with Gasteiger partial charge in [-0.25, -0.2) is 0 Å². The van der Waals surface area contributed by atoms with Crippen LogP contribution in [0.15, 0.2) is 36.0 Å². The zero-order chi connectivity index (χ0) is 13.8. The summed E-state index contributed by atoms with van der Waals surface area (Å²) in [5, 5.41) is 8.58. The van der Waals surface area contributed by atoms with Crippen LogP contribution < -0.4 is 0 Å². The third-order valence-corrected chi connectivity index (χ3v) is 2.71. The van der Waals surface area contributed by atoms with Crippen LogP contribution in [-0.2, 0) is 4.79 Å². The maximum Gasteiger partial charge on any atom is 0.303 e. The van der Waals surface area contributed by atoms with Gasteiger partial charge in [0.05, 0.1) is 0 Å². The van der Waals surface area contributed by atoms with Crippen LogP contribution in [0.3, 0.4) is 0 Å². The summed E-state index contributed by atoms with van der Waals surface area (Å²) < 4.78 is 0. The molecule has 0 aromatic rings. The largest absolute Gasteiger partial charge is 0.481 e. The zero-order valence-electron chi connectivity index (χ0n) is 11.7. The molecule has 0 bridgehead atoms. The lowest BCUT2D eigenvalue weighted by Crippen LogP contribution is -1.95. The minimum atomic E-state index is -0.753. The standard InChI is InChI=1S/C16H26O2/c1-4-5-6-7-8-9-10-14(2)13-15(3)11-12-16(17)18/h7-8,10H,3-6,9,11-13H2,1-2H3,(H,17,18)/b8-7-,14-10+. The highest BCUT2D eigenvalue weighted by atomic mass is 16.4. The highest BCUT2D eigenvalue weighted by Crippen LogP contribution is 2.14. The fraction of sp³-hybridized carbons (Fsp3) is 0.562. The Bertz CT molecular complexity index is 311. The fourth-order valence-electron chi connectivity index (χ4n) is 1.64. The molecule has 2 heteroatoms. The van der Waals surface area contributed by atoms with Crippen LogP contribution in [0.5, 0.6) is 0 Å². The van der Waals surface area contributed by atoms with Gasteiger partial charge in [-0.3, -0.25) is 4.79 Å². The van der Waals surface area contributed by atoms with Crippen molar-refractivity contribution in [3.05, 3.63) is 36.0 Å². The van der Waals surface area contributed by atoms with E-state index >= 15 is 0 Å². The number of aliphatic carboxylic acids is 1. The maximum absolute atomic E-state index is 10.4. The Labute approximate surface area is 111 Å².